The first kappa shape index (κ1) is 17.6. The Morgan fingerprint density at radius 3 is 1.50 bits per heavy atom. The molecule has 24 heavy (non-hydrogen) atoms. The predicted molar refractivity (Wildman–Crippen MR) is 88.6 cm³/mol. The number of hydrogen-bond acceptors (Lipinski definition) is 6. The molecule has 0 N–H and O–H groups in total. The molecule has 2 heterocycles. The molecule has 2 aromatic heterocycles. The molecule has 0 aliphatic rings. The summed E-state index contributed by atoms with van der Waals surface area (Å²) in [4.78, 5) is 33.1. The molecule has 0 spiro atoms. The van der Waals surface area contributed by atoms with Gasteiger partial charge in [-0.3, -0.25) is 9.97 Å². The van der Waals surface area contributed by atoms with Gasteiger partial charge in [0.15, 0.2) is 0 Å². The lowest BCUT2D eigenvalue weighted by Crippen LogP contribution is -2.16. The molecule has 0 saturated heterocycles. The first-order chi connectivity index (χ1) is 11.4. The number of aromatic nitrogens is 2. The van der Waals surface area contributed by atoms with E-state index in [-0.39, 0.29) is 23.3 Å². The normalized spacial score (nSPS) is 10.8. The van der Waals surface area contributed by atoms with Gasteiger partial charge in [-0.1, -0.05) is 0 Å². The lowest BCUT2D eigenvalue weighted by Gasteiger charge is -2.13. The first-order valence-corrected chi connectivity index (χ1v) is 7.72. The Labute approximate surface area is 140 Å². The largest absolute Gasteiger partial charge is 0.459 e. The molecular weight excluding hydrogens is 308 g/mol. The smallest absolute Gasteiger partial charge is 0.340 e. The van der Waals surface area contributed by atoms with Crippen LogP contribution in [0.25, 0.3) is 11.4 Å². The van der Waals surface area contributed by atoms with Crippen LogP contribution >= 0.6 is 0 Å². The topological polar surface area (TPSA) is 78.4 Å². The van der Waals surface area contributed by atoms with Crippen LogP contribution in [0.1, 0.15) is 48.4 Å². The molecule has 0 radical (unpaired) electrons. The Morgan fingerprint density at radius 2 is 1.17 bits per heavy atom. The van der Waals surface area contributed by atoms with E-state index in [1.54, 1.807) is 52.0 Å². The molecule has 126 valence electrons. The van der Waals surface area contributed by atoms with E-state index in [0.29, 0.717) is 11.4 Å². The van der Waals surface area contributed by atoms with Gasteiger partial charge < -0.3 is 9.47 Å². The number of carbonyl (C=O) groups is 2. The van der Waals surface area contributed by atoms with E-state index in [2.05, 4.69) is 9.97 Å². The molecule has 6 nitrogen and oxygen atoms in total. The number of carbonyl (C=O) groups excluding carboxylic acids is 2. The fourth-order valence-corrected chi connectivity index (χ4v) is 2.07. The van der Waals surface area contributed by atoms with Crippen molar-refractivity contribution in [3.05, 3.63) is 47.8 Å². The molecular formula is C18H20N2O4. The van der Waals surface area contributed by atoms with Gasteiger partial charge in [0, 0.05) is 12.4 Å². The maximum Gasteiger partial charge on any atom is 0.340 e. The summed E-state index contributed by atoms with van der Waals surface area (Å²) in [6.07, 6.45) is 2.54. The van der Waals surface area contributed by atoms with E-state index in [1.807, 2.05) is 0 Å². The van der Waals surface area contributed by atoms with Crippen LogP contribution in [-0.2, 0) is 9.47 Å². The fourth-order valence-electron chi connectivity index (χ4n) is 2.07. The van der Waals surface area contributed by atoms with Gasteiger partial charge in [0.25, 0.3) is 0 Å². The van der Waals surface area contributed by atoms with Crippen molar-refractivity contribution in [2.24, 2.45) is 0 Å². The summed E-state index contributed by atoms with van der Waals surface area (Å²) in [5.74, 6) is -1.02. The zero-order valence-corrected chi connectivity index (χ0v) is 14.1. The van der Waals surface area contributed by atoms with Gasteiger partial charge in [-0.25, -0.2) is 9.59 Å². The van der Waals surface area contributed by atoms with Crippen LogP contribution < -0.4 is 0 Å². The lowest BCUT2D eigenvalue weighted by atomic mass is 10.1. The summed E-state index contributed by atoms with van der Waals surface area (Å²) in [5, 5.41) is 0. The molecule has 0 atom stereocenters. The summed E-state index contributed by atoms with van der Waals surface area (Å²) in [7, 11) is 0. The Hall–Kier alpha value is -2.76. The fraction of sp³-hybridized carbons (Fsp3) is 0.333. The van der Waals surface area contributed by atoms with Crippen molar-refractivity contribution in [2.45, 2.75) is 39.9 Å². The van der Waals surface area contributed by atoms with E-state index in [4.69, 9.17) is 9.47 Å². The molecule has 6 heteroatoms. The molecule has 0 fully saturated rings. The minimum absolute atomic E-state index is 0.253. The molecule has 2 aromatic rings. The van der Waals surface area contributed by atoms with Gasteiger partial charge in [-0.2, -0.15) is 0 Å². The lowest BCUT2D eigenvalue weighted by molar-refractivity contribution is 0.0364. The Morgan fingerprint density at radius 1 is 0.792 bits per heavy atom. The second-order valence-electron chi connectivity index (χ2n) is 5.71. The Kier molecular flexibility index (Phi) is 5.63. The summed E-state index contributed by atoms with van der Waals surface area (Å²) in [5.41, 5.74) is 1.09. The van der Waals surface area contributed by atoms with Gasteiger partial charge in [0.2, 0.25) is 0 Å². The van der Waals surface area contributed by atoms with Crippen LogP contribution in [0, 0.1) is 0 Å². The standard InChI is InChI=1S/C18H20N2O4/c1-11(2)23-17(21)13-7-5-9-19-15(13)16-14(8-6-10-20-16)18(22)24-12(3)4/h5-12H,1-4H3. The van der Waals surface area contributed by atoms with Crippen LogP contribution in [-0.4, -0.2) is 34.1 Å². The van der Waals surface area contributed by atoms with Crippen LogP contribution in [0.2, 0.25) is 0 Å². The highest BCUT2D eigenvalue weighted by molar-refractivity contribution is 6.01. The monoisotopic (exact) mass is 328 g/mol. The van der Waals surface area contributed by atoms with Gasteiger partial charge in [-0.15, -0.1) is 0 Å². The number of pyridine rings is 2. The summed E-state index contributed by atoms with van der Waals surface area (Å²) in [6.45, 7) is 7.06. The number of hydrogen-bond donors (Lipinski definition) is 0. The number of rotatable bonds is 5. The highest BCUT2D eigenvalue weighted by Gasteiger charge is 2.23. The Bertz CT molecular complexity index is 678. The number of nitrogens with zero attached hydrogens (tertiary/aromatic N) is 2. The van der Waals surface area contributed by atoms with Crippen molar-refractivity contribution in [3.8, 4) is 11.4 Å². The van der Waals surface area contributed by atoms with E-state index in [1.165, 1.54) is 12.4 Å². The minimum atomic E-state index is -0.512. The number of ether oxygens (including phenoxy) is 2. The van der Waals surface area contributed by atoms with Crippen LogP contribution in [0.5, 0.6) is 0 Å². The van der Waals surface area contributed by atoms with Crippen LogP contribution in [0.3, 0.4) is 0 Å². The average Bonchev–Trinajstić information content (AvgIpc) is 2.53. The zero-order valence-electron chi connectivity index (χ0n) is 14.1. The van der Waals surface area contributed by atoms with Crippen molar-refractivity contribution in [1.29, 1.82) is 0 Å². The van der Waals surface area contributed by atoms with Gasteiger partial charge in [-0.05, 0) is 52.0 Å². The highest BCUT2D eigenvalue weighted by atomic mass is 16.5. The SMILES string of the molecule is CC(C)OC(=O)c1cccnc1-c1ncccc1C(=O)OC(C)C. The summed E-state index contributed by atoms with van der Waals surface area (Å²) < 4.78 is 10.5. The molecule has 0 aromatic carbocycles. The minimum Gasteiger partial charge on any atom is -0.459 e. The molecule has 0 saturated carbocycles. The zero-order chi connectivity index (χ0) is 17.7. The highest BCUT2D eigenvalue weighted by Crippen LogP contribution is 2.24. The second-order valence-corrected chi connectivity index (χ2v) is 5.71. The van der Waals surface area contributed by atoms with E-state index in [9.17, 15) is 9.59 Å². The maximum atomic E-state index is 12.3. The third-order valence-corrected chi connectivity index (χ3v) is 2.97. The van der Waals surface area contributed by atoms with Crippen molar-refractivity contribution >= 4 is 11.9 Å². The van der Waals surface area contributed by atoms with Gasteiger partial charge >= 0.3 is 11.9 Å². The average molecular weight is 328 g/mol. The predicted octanol–water partition coefficient (Wildman–Crippen LogP) is 3.27. The van der Waals surface area contributed by atoms with Crippen LogP contribution in [0.15, 0.2) is 36.7 Å². The molecule has 0 amide bonds. The third-order valence-electron chi connectivity index (χ3n) is 2.97. The second kappa shape index (κ2) is 7.68. The molecule has 0 aliphatic heterocycles. The van der Waals surface area contributed by atoms with E-state index >= 15 is 0 Å². The summed E-state index contributed by atoms with van der Waals surface area (Å²) in [6, 6.07) is 6.46. The van der Waals surface area contributed by atoms with Crippen molar-refractivity contribution in [3.63, 3.8) is 0 Å². The molecule has 0 aliphatic carbocycles. The van der Waals surface area contributed by atoms with Crippen molar-refractivity contribution < 1.29 is 19.1 Å². The van der Waals surface area contributed by atoms with Crippen molar-refractivity contribution in [2.75, 3.05) is 0 Å². The quantitative estimate of drug-likeness (QED) is 0.784. The third kappa shape index (κ3) is 4.16. The van der Waals surface area contributed by atoms with Gasteiger partial charge in [0.1, 0.15) is 11.4 Å². The van der Waals surface area contributed by atoms with E-state index in [0.717, 1.165) is 0 Å². The molecule has 0 unspecified atom stereocenters. The number of esters is 2. The van der Waals surface area contributed by atoms with Gasteiger partial charge in [0.05, 0.1) is 23.3 Å². The summed E-state index contributed by atoms with van der Waals surface area (Å²) >= 11 is 0. The van der Waals surface area contributed by atoms with Crippen molar-refractivity contribution in [1.82, 2.24) is 9.97 Å². The first-order valence-electron chi connectivity index (χ1n) is 7.72. The maximum absolute atomic E-state index is 12.3. The molecule has 0 bridgehead atoms. The van der Waals surface area contributed by atoms with Crippen LogP contribution in [0.4, 0.5) is 0 Å². The molecule has 2 rings (SSSR count). The Balaban J connectivity index is 2.50. The van der Waals surface area contributed by atoms with E-state index < -0.39 is 11.9 Å².